The van der Waals surface area contributed by atoms with E-state index in [0.29, 0.717) is 22.4 Å². The number of hydrogen-bond acceptors (Lipinski definition) is 8. The van der Waals surface area contributed by atoms with E-state index in [9.17, 15) is 24.7 Å². The van der Waals surface area contributed by atoms with Crippen LogP contribution in [-0.4, -0.2) is 50.6 Å². The van der Waals surface area contributed by atoms with Crippen molar-refractivity contribution in [3.05, 3.63) is 101 Å². The number of aromatic hydroxyl groups is 1. The number of phenolic OH excluding ortho intramolecular Hbond substituents is 1. The number of nitrogens with one attached hydrogen (secondary N) is 1. The van der Waals surface area contributed by atoms with Gasteiger partial charge < -0.3 is 9.84 Å². The number of phenols is 1. The molecule has 0 bridgehead atoms. The highest BCUT2D eigenvalue weighted by atomic mass is 16.5. The Labute approximate surface area is 259 Å². The lowest BCUT2D eigenvalue weighted by molar-refractivity contribution is -0.173. The number of imide groups is 2. The van der Waals surface area contributed by atoms with Gasteiger partial charge in [0.2, 0.25) is 0 Å². The molecule has 10 nitrogen and oxygen atoms in total. The number of ether oxygens (including phenoxy) is 1. The summed E-state index contributed by atoms with van der Waals surface area (Å²) in [6.07, 6.45) is 2.12. The molecule has 2 aliphatic carbocycles. The molecule has 45 heavy (non-hydrogen) atoms. The van der Waals surface area contributed by atoms with Gasteiger partial charge in [-0.3, -0.25) is 29.8 Å². The van der Waals surface area contributed by atoms with Gasteiger partial charge in [0, 0.05) is 11.5 Å². The predicted molar refractivity (Wildman–Crippen MR) is 162 cm³/mol. The molecule has 6 unspecified atom stereocenters. The van der Waals surface area contributed by atoms with Crippen LogP contribution in [0.1, 0.15) is 42.4 Å². The second-order valence-electron chi connectivity index (χ2n) is 12.2. The molecule has 3 aromatic rings. The van der Waals surface area contributed by atoms with Crippen LogP contribution in [0, 0.1) is 30.6 Å². The largest absolute Gasteiger partial charge is 0.504 e. The Bertz CT molecular complexity index is 1750. The molecule has 3 aromatic carbocycles. The molecule has 7 rings (SSSR count). The molecule has 2 heterocycles. The predicted octanol–water partition coefficient (Wildman–Crippen LogP) is 4.47. The Morgan fingerprint density at radius 1 is 0.911 bits per heavy atom. The maximum Gasteiger partial charge on any atom is 0.260 e. The number of carbonyl (C=O) groups is 4. The highest BCUT2D eigenvalue weighted by Crippen LogP contribution is 2.65. The molecule has 1 saturated carbocycles. The van der Waals surface area contributed by atoms with E-state index in [-0.39, 0.29) is 36.0 Å². The second kappa shape index (κ2) is 10.6. The fraction of sp³-hybridized carbons (Fsp3) is 0.314. The number of aryl methyl sites for hydroxylation is 1. The van der Waals surface area contributed by atoms with Gasteiger partial charge in [-0.05, 0) is 56.4 Å². The Kier molecular flexibility index (Phi) is 6.77. The van der Waals surface area contributed by atoms with Gasteiger partial charge in [-0.15, -0.1) is 0 Å². The van der Waals surface area contributed by atoms with E-state index in [2.05, 4.69) is 5.43 Å². The third kappa shape index (κ3) is 4.05. The summed E-state index contributed by atoms with van der Waals surface area (Å²) in [6, 6.07) is 21.5. The van der Waals surface area contributed by atoms with Crippen LogP contribution in [0.5, 0.6) is 11.5 Å². The van der Waals surface area contributed by atoms with Gasteiger partial charge in [-0.2, -0.15) is 10.1 Å². The lowest BCUT2D eigenvalue weighted by Gasteiger charge is -2.50. The molecule has 0 spiro atoms. The van der Waals surface area contributed by atoms with E-state index in [0.717, 1.165) is 10.6 Å². The maximum atomic E-state index is 15.1. The fourth-order valence-corrected chi connectivity index (χ4v) is 8.12. The van der Waals surface area contributed by atoms with Crippen LogP contribution >= 0.6 is 0 Å². The quantitative estimate of drug-likeness (QED) is 0.212. The summed E-state index contributed by atoms with van der Waals surface area (Å²) in [4.78, 5) is 55.8. The summed E-state index contributed by atoms with van der Waals surface area (Å²) < 4.78 is 5.74. The molecule has 10 heteroatoms. The Balaban J connectivity index is 1.48. The van der Waals surface area contributed by atoms with Crippen molar-refractivity contribution < 1.29 is 34.2 Å². The lowest BCUT2D eigenvalue weighted by atomic mass is 9.49. The van der Waals surface area contributed by atoms with Crippen LogP contribution in [0.2, 0.25) is 0 Å². The van der Waals surface area contributed by atoms with Gasteiger partial charge in [0.15, 0.2) is 11.5 Å². The third-order valence-corrected chi connectivity index (χ3v) is 10.0. The molecular weight excluding hydrogens is 574 g/mol. The molecular formula is C35H33N3O7. The smallest absolute Gasteiger partial charge is 0.260 e. The summed E-state index contributed by atoms with van der Waals surface area (Å²) in [5, 5.41) is 23.3. The fourth-order valence-electron chi connectivity index (χ4n) is 8.12. The second-order valence-corrected chi connectivity index (χ2v) is 12.2. The number of para-hydroxylation sites is 1. The van der Waals surface area contributed by atoms with Gasteiger partial charge in [-0.1, -0.05) is 71.8 Å². The van der Waals surface area contributed by atoms with E-state index in [1.165, 1.54) is 0 Å². The van der Waals surface area contributed by atoms with E-state index >= 15 is 4.79 Å². The summed E-state index contributed by atoms with van der Waals surface area (Å²) >= 11 is 0. The van der Waals surface area contributed by atoms with Gasteiger partial charge in [-0.25, -0.2) is 0 Å². The van der Waals surface area contributed by atoms with Crippen LogP contribution in [-0.2, 0) is 24.6 Å². The van der Waals surface area contributed by atoms with Crippen LogP contribution in [0.25, 0.3) is 0 Å². The average molecular weight is 608 g/mol. The number of hydrogen-bond donors (Lipinski definition) is 3. The topological polar surface area (TPSA) is 136 Å². The normalized spacial score (nSPS) is 28.9. The summed E-state index contributed by atoms with van der Waals surface area (Å²) in [7, 11) is 0. The Morgan fingerprint density at radius 3 is 2.36 bits per heavy atom. The molecule has 3 fully saturated rings. The minimum Gasteiger partial charge on any atom is -0.504 e. The molecule has 0 aromatic heterocycles. The van der Waals surface area contributed by atoms with Gasteiger partial charge in [0.05, 0.1) is 35.5 Å². The minimum absolute atomic E-state index is 0.0911. The maximum absolute atomic E-state index is 15.1. The minimum atomic E-state index is -1.52. The van der Waals surface area contributed by atoms with Crippen LogP contribution in [0.3, 0.4) is 0 Å². The lowest BCUT2D eigenvalue weighted by Crippen LogP contribution is -2.53. The first-order chi connectivity index (χ1) is 21.7. The molecule has 4 amide bonds. The Morgan fingerprint density at radius 2 is 1.64 bits per heavy atom. The van der Waals surface area contributed by atoms with Crippen molar-refractivity contribution >= 4 is 29.3 Å². The van der Waals surface area contributed by atoms with Crippen molar-refractivity contribution in [2.24, 2.45) is 23.7 Å². The first-order valence-corrected chi connectivity index (χ1v) is 15.2. The van der Waals surface area contributed by atoms with Gasteiger partial charge in [0.25, 0.3) is 23.6 Å². The van der Waals surface area contributed by atoms with Crippen LogP contribution in [0.4, 0.5) is 5.69 Å². The number of fused-ring (bicyclic) bond motifs is 4. The molecule has 4 aliphatic rings. The number of hydroxylamine groups is 2. The zero-order chi connectivity index (χ0) is 31.6. The zero-order valence-corrected chi connectivity index (χ0v) is 24.8. The molecule has 6 atom stereocenters. The summed E-state index contributed by atoms with van der Waals surface area (Å²) in [6.45, 7) is 4.02. The first kappa shape index (κ1) is 28.8. The molecule has 2 aliphatic heterocycles. The first-order valence-electron chi connectivity index (χ1n) is 15.2. The number of nitrogens with zero attached hydrogens (tertiary/aromatic N) is 2. The van der Waals surface area contributed by atoms with Crippen molar-refractivity contribution in [2.75, 3.05) is 12.0 Å². The molecule has 2 saturated heterocycles. The van der Waals surface area contributed by atoms with Crippen molar-refractivity contribution in [3.63, 3.8) is 0 Å². The number of hydrazine groups is 1. The van der Waals surface area contributed by atoms with Crippen LogP contribution < -0.4 is 10.2 Å². The third-order valence-electron chi connectivity index (χ3n) is 10.0. The number of anilines is 1. The Hall–Kier alpha value is -4.96. The monoisotopic (exact) mass is 607 g/mol. The van der Waals surface area contributed by atoms with E-state index < -0.39 is 58.6 Å². The van der Waals surface area contributed by atoms with Crippen LogP contribution in [0.15, 0.2) is 84.4 Å². The number of rotatable bonds is 6. The van der Waals surface area contributed by atoms with Crippen molar-refractivity contribution in [1.82, 2.24) is 10.1 Å². The van der Waals surface area contributed by atoms with Crippen molar-refractivity contribution in [3.8, 4) is 11.5 Å². The van der Waals surface area contributed by atoms with Gasteiger partial charge in [0.1, 0.15) is 0 Å². The SMILES string of the molecule is CCOc1cccc(C2C3=CCC4C(=O)N(O)C(=O)C4C3CC3C(=O)N(Nc4ccc(C)cc4)C(=O)C32c2ccccc2)c1O. The summed E-state index contributed by atoms with van der Waals surface area (Å²) in [5.41, 5.74) is 4.73. The highest BCUT2D eigenvalue weighted by Gasteiger charge is 2.70. The van der Waals surface area contributed by atoms with E-state index in [1.54, 1.807) is 37.3 Å². The van der Waals surface area contributed by atoms with Gasteiger partial charge >= 0.3 is 0 Å². The van der Waals surface area contributed by atoms with E-state index in [1.807, 2.05) is 55.5 Å². The number of benzene rings is 3. The number of amides is 4. The average Bonchev–Trinajstić information content (AvgIpc) is 3.40. The summed E-state index contributed by atoms with van der Waals surface area (Å²) in [5.74, 6) is -6.49. The molecule has 3 N–H and O–H groups in total. The number of carbonyl (C=O) groups excluding carboxylic acids is 4. The standard InChI is InChI=1S/C35H33N3O7/c1-3-45-27-11-7-10-24(30(27)39)29-22-16-17-23-28(33(42)38(44)31(23)40)25(22)18-26-32(41)37(36-21-14-12-19(2)13-15-21)34(43)35(26,29)20-8-5-4-6-9-20/h4-16,23,25-26,28-29,36,39,44H,3,17-18H2,1-2H3. The highest BCUT2D eigenvalue weighted by molar-refractivity contribution is 6.13. The van der Waals surface area contributed by atoms with Crippen molar-refractivity contribution in [2.45, 2.75) is 38.0 Å². The zero-order valence-electron chi connectivity index (χ0n) is 24.8. The molecule has 0 radical (unpaired) electrons. The molecule has 230 valence electrons. The number of allylic oxidation sites excluding steroid dienone is 2. The van der Waals surface area contributed by atoms with E-state index in [4.69, 9.17) is 4.74 Å². The van der Waals surface area contributed by atoms with Crippen molar-refractivity contribution in [1.29, 1.82) is 0 Å².